The molecule has 1 amide bonds. The highest BCUT2D eigenvalue weighted by Crippen LogP contribution is 2.27. The fraction of sp³-hybridized carbons (Fsp3) is 0.435. The van der Waals surface area contributed by atoms with Crippen molar-refractivity contribution in [2.45, 2.75) is 39.3 Å². The number of benzene rings is 2. The Morgan fingerprint density at radius 3 is 2.38 bits per heavy atom. The summed E-state index contributed by atoms with van der Waals surface area (Å²) in [6.07, 6.45) is 0.858. The molecule has 0 bridgehead atoms. The molecule has 0 saturated heterocycles. The number of methoxy groups -OCH3 is 2. The number of amides is 1. The Kier molecular flexibility index (Phi) is 8.34. The van der Waals surface area contributed by atoms with Crippen LogP contribution in [0.25, 0.3) is 0 Å². The van der Waals surface area contributed by atoms with Gasteiger partial charge in [-0.15, -0.1) is 0 Å². The normalized spacial score (nSPS) is 11.1. The van der Waals surface area contributed by atoms with Crippen molar-refractivity contribution in [2.24, 2.45) is 0 Å². The first-order valence-corrected chi connectivity index (χ1v) is 9.75. The zero-order valence-electron chi connectivity index (χ0n) is 18.0. The van der Waals surface area contributed by atoms with Crippen molar-refractivity contribution in [3.05, 3.63) is 53.6 Å². The fourth-order valence-corrected chi connectivity index (χ4v) is 2.88. The first kappa shape index (κ1) is 22.6. The SMILES string of the molecule is COc1ccc(CCNCc2ccccc2OCC(=O)NC(C)(C)C)cc1OC. The van der Waals surface area contributed by atoms with Gasteiger partial charge in [0.05, 0.1) is 14.2 Å². The largest absolute Gasteiger partial charge is 0.493 e. The van der Waals surface area contributed by atoms with E-state index in [0.717, 1.165) is 35.8 Å². The van der Waals surface area contributed by atoms with E-state index in [0.29, 0.717) is 6.54 Å². The first-order chi connectivity index (χ1) is 13.8. The molecule has 0 radical (unpaired) electrons. The molecule has 0 fully saturated rings. The van der Waals surface area contributed by atoms with E-state index in [1.54, 1.807) is 14.2 Å². The number of carbonyl (C=O) groups excluding carboxylic acids is 1. The van der Waals surface area contributed by atoms with E-state index in [1.807, 2.05) is 63.2 Å². The Labute approximate surface area is 173 Å². The third-order valence-electron chi connectivity index (χ3n) is 4.20. The van der Waals surface area contributed by atoms with Gasteiger partial charge in [-0.25, -0.2) is 0 Å². The van der Waals surface area contributed by atoms with Crippen LogP contribution in [-0.4, -0.2) is 38.8 Å². The molecule has 0 spiro atoms. The maximum atomic E-state index is 12.0. The van der Waals surface area contributed by atoms with Crippen LogP contribution in [0.1, 0.15) is 31.9 Å². The average molecular weight is 401 g/mol. The van der Waals surface area contributed by atoms with Crippen molar-refractivity contribution in [2.75, 3.05) is 27.4 Å². The molecule has 6 nitrogen and oxygen atoms in total. The molecule has 0 atom stereocenters. The second kappa shape index (κ2) is 10.7. The lowest BCUT2D eigenvalue weighted by Crippen LogP contribution is -2.43. The Balaban J connectivity index is 1.84. The molecule has 158 valence electrons. The van der Waals surface area contributed by atoms with Crippen LogP contribution in [0.3, 0.4) is 0 Å². The van der Waals surface area contributed by atoms with Gasteiger partial charge in [0.2, 0.25) is 0 Å². The number of rotatable bonds is 10. The molecule has 0 unspecified atom stereocenters. The number of carbonyl (C=O) groups is 1. The summed E-state index contributed by atoms with van der Waals surface area (Å²) in [7, 11) is 3.27. The van der Waals surface area contributed by atoms with Crippen LogP contribution >= 0.6 is 0 Å². The van der Waals surface area contributed by atoms with Gasteiger partial charge in [-0.05, 0) is 57.5 Å². The first-order valence-electron chi connectivity index (χ1n) is 9.75. The van der Waals surface area contributed by atoms with Gasteiger partial charge < -0.3 is 24.8 Å². The molecule has 2 aromatic rings. The zero-order chi connectivity index (χ0) is 21.3. The van der Waals surface area contributed by atoms with E-state index >= 15 is 0 Å². The Hall–Kier alpha value is -2.73. The maximum Gasteiger partial charge on any atom is 0.258 e. The van der Waals surface area contributed by atoms with Gasteiger partial charge in [-0.1, -0.05) is 24.3 Å². The van der Waals surface area contributed by atoms with Gasteiger partial charge in [-0.3, -0.25) is 4.79 Å². The van der Waals surface area contributed by atoms with Crippen LogP contribution < -0.4 is 24.8 Å². The number of nitrogens with one attached hydrogen (secondary N) is 2. The second-order valence-corrected chi connectivity index (χ2v) is 7.81. The average Bonchev–Trinajstić information content (AvgIpc) is 2.68. The van der Waals surface area contributed by atoms with Gasteiger partial charge in [0, 0.05) is 17.6 Å². The predicted octanol–water partition coefficient (Wildman–Crippen LogP) is 3.33. The van der Waals surface area contributed by atoms with Crippen molar-refractivity contribution >= 4 is 5.91 Å². The summed E-state index contributed by atoms with van der Waals surface area (Å²) in [5.74, 6) is 2.05. The minimum absolute atomic E-state index is 0.0000732. The number of ether oxygens (including phenoxy) is 3. The number of hydrogen-bond donors (Lipinski definition) is 2. The van der Waals surface area contributed by atoms with Gasteiger partial charge >= 0.3 is 0 Å². The molecule has 2 aromatic carbocycles. The van der Waals surface area contributed by atoms with Crippen molar-refractivity contribution < 1.29 is 19.0 Å². The van der Waals surface area contributed by atoms with Gasteiger partial charge in [-0.2, -0.15) is 0 Å². The summed E-state index contributed by atoms with van der Waals surface area (Å²) < 4.78 is 16.4. The van der Waals surface area contributed by atoms with Crippen molar-refractivity contribution in [1.82, 2.24) is 10.6 Å². The number of hydrogen-bond acceptors (Lipinski definition) is 5. The highest BCUT2D eigenvalue weighted by Gasteiger charge is 2.14. The Morgan fingerprint density at radius 1 is 0.966 bits per heavy atom. The zero-order valence-corrected chi connectivity index (χ0v) is 18.0. The van der Waals surface area contributed by atoms with Crippen LogP contribution in [0.4, 0.5) is 0 Å². The molecule has 2 N–H and O–H groups in total. The molecule has 29 heavy (non-hydrogen) atoms. The lowest BCUT2D eigenvalue weighted by molar-refractivity contribution is -0.124. The standard InChI is InChI=1S/C23H32N2O4/c1-23(2,3)25-22(26)16-29-19-9-7-6-8-18(19)15-24-13-12-17-10-11-20(27-4)21(14-17)28-5/h6-11,14,24H,12-13,15-16H2,1-5H3,(H,25,26). The third kappa shape index (κ3) is 7.66. The van der Waals surface area contributed by atoms with E-state index in [1.165, 1.54) is 5.56 Å². The number of para-hydroxylation sites is 1. The van der Waals surface area contributed by atoms with Crippen LogP contribution in [0, 0.1) is 0 Å². The topological polar surface area (TPSA) is 68.8 Å². The van der Waals surface area contributed by atoms with E-state index in [9.17, 15) is 4.79 Å². The van der Waals surface area contributed by atoms with Crippen LogP contribution in [-0.2, 0) is 17.8 Å². The molecule has 0 aromatic heterocycles. The summed E-state index contributed by atoms with van der Waals surface area (Å²) in [6, 6.07) is 13.7. The van der Waals surface area contributed by atoms with Gasteiger partial charge in [0.25, 0.3) is 5.91 Å². The van der Waals surface area contributed by atoms with Gasteiger partial charge in [0.15, 0.2) is 18.1 Å². The fourth-order valence-electron chi connectivity index (χ4n) is 2.88. The summed E-state index contributed by atoms with van der Waals surface area (Å²) in [4.78, 5) is 12.0. The maximum absolute atomic E-state index is 12.0. The molecule has 0 aliphatic rings. The monoisotopic (exact) mass is 400 g/mol. The predicted molar refractivity (Wildman–Crippen MR) is 115 cm³/mol. The highest BCUT2D eigenvalue weighted by molar-refractivity contribution is 5.78. The van der Waals surface area contributed by atoms with E-state index in [2.05, 4.69) is 10.6 Å². The summed E-state index contributed by atoms with van der Waals surface area (Å²) in [5.41, 5.74) is 1.91. The van der Waals surface area contributed by atoms with Crippen LogP contribution in [0.15, 0.2) is 42.5 Å². The Morgan fingerprint density at radius 2 is 1.69 bits per heavy atom. The van der Waals surface area contributed by atoms with Crippen molar-refractivity contribution in [3.63, 3.8) is 0 Å². The smallest absolute Gasteiger partial charge is 0.258 e. The van der Waals surface area contributed by atoms with Crippen LogP contribution in [0.5, 0.6) is 17.2 Å². The third-order valence-corrected chi connectivity index (χ3v) is 4.20. The van der Waals surface area contributed by atoms with E-state index in [4.69, 9.17) is 14.2 Å². The molecular formula is C23H32N2O4. The molecule has 2 rings (SSSR count). The molecule has 0 aliphatic heterocycles. The van der Waals surface area contributed by atoms with Gasteiger partial charge in [0.1, 0.15) is 5.75 Å². The minimum atomic E-state index is -0.272. The second-order valence-electron chi connectivity index (χ2n) is 7.81. The Bertz CT molecular complexity index is 800. The van der Waals surface area contributed by atoms with E-state index in [-0.39, 0.29) is 18.1 Å². The lowest BCUT2D eigenvalue weighted by Gasteiger charge is -2.20. The molecule has 6 heteroatoms. The van der Waals surface area contributed by atoms with Crippen molar-refractivity contribution in [3.8, 4) is 17.2 Å². The summed E-state index contributed by atoms with van der Waals surface area (Å²) >= 11 is 0. The van der Waals surface area contributed by atoms with Crippen LogP contribution in [0.2, 0.25) is 0 Å². The minimum Gasteiger partial charge on any atom is -0.493 e. The van der Waals surface area contributed by atoms with E-state index < -0.39 is 0 Å². The summed E-state index contributed by atoms with van der Waals surface area (Å²) in [5, 5.41) is 6.33. The highest BCUT2D eigenvalue weighted by atomic mass is 16.5. The summed E-state index contributed by atoms with van der Waals surface area (Å²) in [6.45, 7) is 7.29. The molecular weight excluding hydrogens is 368 g/mol. The lowest BCUT2D eigenvalue weighted by atomic mass is 10.1. The quantitative estimate of drug-likeness (QED) is 0.599. The molecule has 0 saturated carbocycles. The molecule has 0 heterocycles. The van der Waals surface area contributed by atoms with Crippen molar-refractivity contribution in [1.29, 1.82) is 0 Å². The molecule has 0 aliphatic carbocycles.